The van der Waals surface area contributed by atoms with Crippen LogP contribution in [0.25, 0.3) is 0 Å². The molecule has 0 saturated heterocycles. The molecule has 2 aromatic rings. The fourth-order valence-corrected chi connectivity index (χ4v) is 3.73. The molecule has 2 heterocycles. The second kappa shape index (κ2) is 8.45. The Kier molecular flexibility index (Phi) is 6.22. The molecule has 32 heavy (non-hydrogen) atoms. The number of hydrogen-bond donors (Lipinski definition) is 2. The number of carbonyl (C=O) groups excluding carboxylic acids is 1. The average molecular weight is 464 g/mol. The third kappa shape index (κ3) is 4.56. The van der Waals surface area contributed by atoms with Crippen LogP contribution in [0, 0.1) is 17.5 Å². The summed E-state index contributed by atoms with van der Waals surface area (Å²) in [5, 5.41) is 9.25. The van der Waals surface area contributed by atoms with Gasteiger partial charge in [0, 0.05) is 25.1 Å². The van der Waals surface area contributed by atoms with Gasteiger partial charge in [0.25, 0.3) is 0 Å². The van der Waals surface area contributed by atoms with Crippen molar-refractivity contribution in [2.24, 2.45) is 5.73 Å². The van der Waals surface area contributed by atoms with Crippen LogP contribution in [0.1, 0.15) is 47.0 Å². The summed E-state index contributed by atoms with van der Waals surface area (Å²) >= 11 is 0. The SMILES string of the molecule is CC1CN(C(=O)C[C@H](N)Cc2cc(F)c(F)cc2F)Cc2c(C(=O)O)nc(C(F)(F)F)n21. The highest BCUT2D eigenvalue weighted by atomic mass is 19.4. The zero-order valence-electron chi connectivity index (χ0n) is 16.6. The van der Waals surface area contributed by atoms with Crippen LogP contribution in [-0.4, -0.2) is 44.0 Å². The summed E-state index contributed by atoms with van der Waals surface area (Å²) in [6.45, 7) is 0.763. The zero-order chi connectivity index (χ0) is 24.0. The van der Waals surface area contributed by atoms with E-state index >= 15 is 0 Å². The van der Waals surface area contributed by atoms with Gasteiger partial charge in [-0.05, 0) is 25.0 Å². The number of imidazole rings is 1. The molecule has 1 amide bonds. The second-order valence-electron chi connectivity index (χ2n) is 7.55. The number of aromatic nitrogens is 2. The van der Waals surface area contributed by atoms with E-state index in [1.165, 1.54) is 6.92 Å². The minimum Gasteiger partial charge on any atom is -0.476 e. The van der Waals surface area contributed by atoms with E-state index in [0.717, 1.165) is 9.47 Å². The first kappa shape index (κ1) is 23.6. The van der Waals surface area contributed by atoms with Crippen LogP contribution >= 0.6 is 0 Å². The van der Waals surface area contributed by atoms with Crippen LogP contribution in [0.2, 0.25) is 0 Å². The molecule has 13 heteroatoms. The van der Waals surface area contributed by atoms with Crippen molar-refractivity contribution >= 4 is 11.9 Å². The Balaban J connectivity index is 1.78. The predicted molar refractivity (Wildman–Crippen MR) is 96.9 cm³/mol. The van der Waals surface area contributed by atoms with E-state index in [1.54, 1.807) is 0 Å². The van der Waals surface area contributed by atoms with Gasteiger partial charge in [0.2, 0.25) is 11.7 Å². The normalized spacial score (nSPS) is 17.2. The highest BCUT2D eigenvalue weighted by Gasteiger charge is 2.43. The Labute approximate surface area is 177 Å². The molecule has 3 N–H and O–H groups in total. The fraction of sp³-hybridized carbons (Fsp3) is 0.421. The van der Waals surface area contributed by atoms with Crippen molar-refractivity contribution in [3.63, 3.8) is 0 Å². The van der Waals surface area contributed by atoms with Crippen molar-refractivity contribution in [1.82, 2.24) is 14.5 Å². The van der Waals surface area contributed by atoms with Gasteiger partial charge in [-0.3, -0.25) is 4.79 Å². The molecular formula is C19H18F6N4O3. The van der Waals surface area contributed by atoms with Crippen LogP contribution in [0.3, 0.4) is 0 Å². The van der Waals surface area contributed by atoms with Crippen LogP contribution in [0.15, 0.2) is 12.1 Å². The van der Waals surface area contributed by atoms with Gasteiger partial charge in [-0.25, -0.2) is 22.9 Å². The van der Waals surface area contributed by atoms with E-state index in [4.69, 9.17) is 5.73 Å². The smallest absolute Gasteiger partial charge is 0.449 e. The first-order valence-electron chi connectivity index (χ1n) is 9.38. The molecule has 7 nitrogen and oxygen atoms in total. The summed E-state index contributed by atoms with van der Waals surface area (Å²) in [6, 6.07) is -0.944. The Bertz CT molecular complexity index is 1070. The van der Waals surface area contributed by atoms with Gasteiger partial charge in [-0.1, -0.05) is 0 Å². The van der Waals surface area contributed by atoms with Crippen molar-refractivity contribution in [2.45, 2.75) is 44.6 Å². The number of amides is 1. The molecule has 0 fully saturated rings. The van der Waals surface area contributed by atoms with E-state index in [0.29, 0.717) is 12.1 Å². The largest absolute Gasteiger partial charge is 0.476 e. The molecule has 1 unspecified atom stereocenters. The third-order valence-corrected chi connectivity index (χ3v) is 5.09. The molecule has 1 aliphatic rings. The van der Waals surface area contributed by atoms with Gasteiger partial charge in [0.15, 0.2) is 17.3 Å². The number of hydrogen-bond acceptors (Lipinski definition) is 4. The number of alkyl halides is 3. The summed E-state index contributed by atoms with van der Waals surface area (Å²) in [5.74, 6) is -7.34. The number of carboxylic acid groups (broad SMARTS) is 1. The fourth-order valence-electron chi connectivity index (χ4n) is 3.73. The number of carbonyl (C=O) groups is 2. The lowest BCUT2D eigenvalue weighted by atomic mass is 10.0. The zero-order valence-corrected chi connectivity index (χ0v) is 16.6. The summed E-state index contributed by atoms with van der Waals surface area (Å²) in [7, 11) is 0. The molecule has 1 aromatic carbocycles. The number of halogens is 6. The first-order chi connectivity index (χ1) is 14.8. The van der Waals surface area contributed by atoms with Crippen LogP contribution in [0.4, 0.5) is 26.3 Å². The molecule has 0 bridgehead atoms. The summed E-state index contributed by atoms with van der Waals surface area (Å²) in [4.78, 5) is 28.4. The molecule has 1 aliphatic heterocycles. The molecule has 1 aromatic heterocycles. The Morgan fingerprint density at radius 2 is 1.84 bits per heavy atom. The van der Waals surface area contributed by atoms with Crippen molar-refractivity contribution in [1.29, 1.82) is 0 Å². The van der Waals surface area contributed by atoms with Crippen molar-refractivity contribution < 1.29 is 41.0 Å². The van der Waals surface area contributed by atoms with E-state index in [2.05, 4.69) is 4.98 Å². The van der Waals surface area contributed by atoms with Crippen LogP contribution < -0.4 is 5.73 Å². The molecular weight excluding hydrogens is 446 g/mol. The van der Waals surface area contributed by atoms with E-state index < -0.39 is 65.7 Å². The van der Waals surface area contributed by atoms with Gasteiger partial charge >= 0.3 is 12.1 Å². The number of aromatic carboxylic acids is 1. The molecule has 0 radical (unpaired) electrons. The minimum absolute atomic E-state index is 0.170. The molecule has 3 rings (SSSR count). The average Bonchev–Trinajstić information content (AvgIpc) is 3.07. The number of nitrogens with two attached hydrogens (primary N) is 1. The second-order valence-corrected chi connectivity index (χ2v) is 7.55. The predicted octanol–water partition coefficient (Wildman–Crippen LogP) is 2.88. The first-order valence-corrected chi connectivity index (χ1v) is 9.38. The lowest BCUT2D eigenvalue weighted by molar-refractivity contribution is -0.149. The van der Waals surface area contributed by atoms with Gasteiger partial charge in [-0.2, -0.15) is 13.2 Å². The number of fused-ring (bicyclic) bond motifs is 1. The number of rotatable bonds is 5. The van der Waals surface area contributed by atoms with Gasteiger partial charge in [0.1, 0.15) is 5.82 Å². The van der Waals surface area contributed by atoms with E-state index in [1.807, 2.05) is 0 Å². The van der Waals surface area contributed by atoms with Crippen molar-refractivity contribution in [2.75, 3.05) is 6.54 Å². The monoisotopic (exact) mass is 464 g/mol. The van der Waals surface area contributed by atoms with Crippen molar-refractivity contribution in [3.8, 4) is 0 Å². The van der Waals surface area contributed by atoms with Gasteiger partial charge in [-0.15, -0.1) is 0 Å². The number of carboxylic acids is 1. The summed E-state index contributed by atoms with van der Waals surface area (Å²) in [6.07, 6.45) is -5.57. The Hall–Kier alpha value is -3.09. The van der Waals surface area contributed by atoms with Crippen LogP contribution in [0.5, 0.6) is 0 Å². The molecule has 174 valence electrons. The third-order valence-electron chi connectivity index (χ3n) is 5.09. The van der Waals surface area contributed by atoms with Crippen molar-refractivity contribution in [3.05, 3.63) is 52.4 Å². The Morgan fingerprint density at radius 3 is 2.44 bits per heavy atom. The molecule has 2 atom stereocenters. The van der Waals surface area contributed by atoms with E-state index in [-0.39, 0.29) is 30.6 Å². The Morgan fingerprint density at radius 1 is 1.22 bits per heavy atom. The lowest BCUT2D eigenvalue weighted by Gasteiger charge is -2.34. The summed E-state index contributed by atoms with van der Waals surface area (Å²) in [5.41, 5.74) is 4.52. The highest BCUT2D eigenvalue weighted by Crippen LogP contribution is 2.35. The highest BCUT2D eigenvalue weighted by molar-refractivity contribution is 5.87. The molecule has 0 spiro atoms. The lowest BCUT2D eigenvalue weighted by Crippen LogP contribution is -2.43. The minimum atomic E-state index is -4.89. The standard InChI is InChI=1S/C19H18F6N4O3/c1-8-6-28(7-14-16(17(31)32)27-18(29(8)14)19(23,24)25)15(30)4-10(26)2-9-3-12(21)13(22)5-11(9)20/h3,5,8,10H,2,4,6-7,26H2,1H3,(H,31,32)/t8?,10-/m1/s1. The maximum Gasteiger partial charge on any atom is 0.449 e. The molecule has 0 saturated carbocycles. The topological polar surface area (TPSA) is 101 Å². The van der Waals surface area contributed by atoms with Gasteiger partial charge < -0.3 is 20.3 Å². The van der Waals surface area contributed by atoms with Crippen LogP contribution in [-0.2, 0) is 23.9 Å². The quantitative estimate of drug-likeness (QED) is 0.524. The number of benzene rings is 1. The maximum absolute atomic E-state index is 13.8. The number of nitrogens with zero attached hydrogens (tertiary/aromatic N) is 3. The maximum atomic E-state index is 13.8. The van der Waals surface area contributed by atoms with E-state index in [9.17, 15) is 41.0 Å². The van der Waals surface area contributed by atoms with Gasteiger partial charge in [0.05, 0.1) is 18.3 Å². The molecule has 0 aliphatic carbocycles. The summed E-state index contributed by atoms with van der Waals surface area (Å²) < 4.78 is 80.8.